The molecule has 19 heavy (non-hydrogen) atoms. The molecule has 5 nitrogen and oxygen atoms in total. The predicted octanol–water partition coefficient (Wildman–Crippen LogP) is 1.17. The molecule has 5 heteroatoms. The van der Waals surface area contributed by atoms with Gasteiger partial charge in [0.25, 0.3) is 5.91 Å². The zero-order valence-corrected chi connectivity index (χ0v) is 11.2. The van der Waals surface area contributed by atoms with E-state index in [1.807, 2.05) is 13.8 Å². The van der Waals surface area contributed by atoms with Crippen LogP contribution in [0.15, 0.2) is 18.2 Å². The van der Waals surface area contributed by atoms with Gasteiger partial charge in [-0.05, 0) is 50.5 Å². The highest BCUT2D eigenvalue weighted by atomic mass is 16.2. The van der Waals surface area contributed by atoms with E-state index in [9.17, 15) is 9.59 Å². The van der Waals surface area contributed by atoms with Crippen LogP contribution in [0.25, 0.3) is 0 Å². The summed E-state index contributed by atoms with van der Waals surface area (Å²) in [5, 5.41) is 5.55. The molecule has 0 unspecified atom stereocenters. The van der Waals surface area contributed by atoms with Crippen molar-refractivity contribution in [3.05, 3.63) is 29.3 Å². The minimum absolute atomic E-state index is 0.110. The zero-order chi connectivity index (χ0) is 14.0. The predicted molar refractivity (Wildman–Crippen MR) is 74.0 cm³/mol. The van der Waals surface area contributed by atoms with Gasteiger partial charge in [0.2, 0.25) is 5.91 Å². The van der Waals surface area contributed by atoms with Crippen LogP contribution < -0.4 is 16.4 Å². The molecule has 0 radical (unpaired) electrons. The Kier molecular flexibility index (Phi) is 3.57. The van der Waals surface area contributed by atoms with Gasteiger partial charge < -0.3 is 16.4 Å². The number of rotatable bonds is 4. The van der Waals surface area contributed by atoms with Crippen LogP contribution >= 0.6 is 0 Å². The van der Waals surface area contributed by atoms with Crippen LogP contribution in [0.1, 0.15) is 35.7 Å². The lowest BCUT2D eigenvalue weighted by Gasteiger charge is -2.13. The van der Waals surface area contributed by atoms with E-state index in [-0.39, 0.29) is 11.8 Å². The smallest absolute Gasteiger partial charge is 0.251 e. The lowest BCUT2D eigenvalue weighted by atomic mass is 10.1. The number of hydrogen-bond donors (Lipinski definition) is 3. The molecule has 1 aliphatic rings. The minimum Gasteiger partial charge on any atom is -0.352 e. The first-order valence-electron chi connectivity index (χ1n) is 6.45. The number of carbonyl (C=O) groups excluding carboxylic acids is 2. The maximum Gasteiger partial charge on any atom is 0.251 e. The maximum atomic E-state index is 11.9. The zero-order valence-electron chi connectivity index (χ0n) is 11.2. The summed E-state index contributed by atoms with van der Waals surface area (Å²) in [7, 11) is 0. The number of benzene rings is 1. The molecular formula is C14H19N3O2. The Morgan fingerprint density at radius 1 is 1.37 bits per heavy atom. The average Bonchev–Trinajstić information content (AvgIpc) is 3.11. The molecule has 1 saturated carbocycles. The molecular weight excluding hydrogens is 242 g/mol. The maximum absolute atomic E-state index is 11.9. The second kappa shape index (κ2) is 5.01. The number of aryl methyl sites for hydroxylation is 1. The van der Waals surface area contributed by atoms with E-state index in [1.54, 1.807) is 18.2 Å². The van der Waals surface area contributed by atoms with E-state index in [1.165, 1.54) is 0 Å². The van der Waals surface area contributed by atoms with Gasteiger partial charge in [-0.15, -0.1) is 0 Å². The molecule has 0 bridgehead atoms. The van der Waals surface area contributed by atoms with Gasteiger partial charge in [0.05, 0.1) is 5.54 Å². The van der Waals surface area contributed by atoms with E-state index in [0.717, 1.165) is 18.4 Å². The van der Waals surface area contributed by atoms with Gasteiger partial charge in [-0.25, -0.2) is 0 Å². The van der Waals surface area contributed by atoms with Crippen molar-refractivity contribution in [1.29, 1.82) is 0 Å². The number of nitrogens with one attached hydrogen (secondary N) is 2. The van der Waals surface area contributed by atoms with Crippen molar-refractivity contribution in [2.24, 2.45) is 5.73 Å². The molecule has 0 aromatic heterocycles. The van der Waals surface area contributed by atoms with E-state index in [0.29, 0.717) is 17.8 Å². The summed E-state index contributed by atoms with van der Waals surface area (Å²) in [5.74, 6) is -0.262. The summed E-state index contributed by atoms with van der Waals surface area (Å²) in [4.78, 5) is 23.5. The van der Waals surface area contributed by atoms with Crippen molar-refractivity contribution in [2.75, 3.05) is 11.9 Å². The van der Waals surface area contributed by atoms with Crippen LogP contribution in [0.4, 0.5) is 5.69 Å². The fraction of sp³-hybridized carbons (Fsp3) is 0.429. The van der Waals surface area contributed by atoms with Crippen molar-refractivity contribution in [2.45, 2.75) is 32.2 Å². The van der Waals surface area contributed by atoms with Gasteiger partial charge in [-0.2, -0.15) is 0 Å². The number of carbonyl (C=O) groups is 2. The van der Waals surface area contributed by atoms with Crippen LogP contribution in [-0.4, -0.2) is 23.9 Å². The quantitative estimate of drug-likeness (QED) is 0.760. The van der Waals surface area contributed by atoms with Gasteiger partial charge in [0.1, 0.15) is 0 Å². The lowest BCUT2D eigenvalue weighted by Crippen LogP contribution is -2.38. The number of hydrogen-bond acceptors (Lipinski definition) is 3. The van der Waals surface area contributed by atoms with Crippen molar-refractivity contribution >= 4 is 17.5 Å². The van der Waals surface area contributed by atoms with Gasteiger partial charge >= 0.3 is 0 Å². The molecule has 2 rings (SSSR count). The van der Waals surface area contributed by atoms with Crippen LogP contribution in [0.3, 0.4) is 0 Å². The Balaban J connectivity index is 2.11. The summed E-state index contributed by atoms with van der Waals surface area (Å²) >= 11 is 0. The largest absolute Gasteiger partial charge is 0.352 e. The van der Waals surface area contributed by atoms with Crippen LogP contribution in [-0.2, 0) is 4.79 Å². The summed E-state index contributed by atoms with van der Waals surface area (Å²) in [6.07, 6.45) is 1.46. The monoisotopic (exact) mass is 261 g/mol. The normalized spacial score (nSPS) is 15.7. The fourth-order valence-corrected chi connectivity index (χ4v) is 1.82. The molecule has 1 aromatic carbocycles. The number of amides is 2. The van der Waals surface area contributed by atoms with E-state index < -0.39 is 5.54 Å². The standard InChI is InChI=1S/C14H19N3O2/c1-3-16-12(18)10-4-5-11(9(2)8-10)17-13(19)14(15)6-7-14/h4-5,8H,3,6-7,15H2,1-2H3,(H,16,18)(H,17,19). The third kappa shape index (κ3) is 2.93. The van der Waals surface area contributed by atoms with Gasteiger partial charge in [0, 0.05) is 17.8 Å². The van der Waals surface area contributed by atoms with Crippen molar-refractivity contribution < 1.29 is 9.59 Å². The fourth-order valence-electron chi connectivity index (χ4n) is 1.82. The molecule has 4 N–H and O–H groups in total. The lowest BCUT2D eigenvalue weighted by molar-refractivity contribution is -0.118. The molecule has 0 heterocycles. The molecule has 0 saturated heterocycles. The summed E-state index contributed by atoms with van der Waals surface area (Å²) in [6.45, 7) is 4.32. The Morgan fingerprint density at radius 3 is 2.58 bits per heavy atom. The Bertz CT molecular complexity index is 521. The highest BCUT2D eigenvalue weighted by molar-refractivity contribution is 6.01. The second-order valence-electron chi connectivity index (χ2n) is 5.00. The Hall–Kier alpha value is -1.88. The number of nitrogens with two attached hydrogens (primary N) is 1. The van der Waals surface area contributed by atoms with Crippen LogP contribution in [0, 0.1) is 6.92 Å². The Morgan fingerprint density at radius 2 is 2.05 bits per heavy atom. The summed E-state index contributed by atoms with van der Waals surface area (Å²) in [5.41, 5.74) is 7.28. The molecule has 0 spiro atoms. The van der Waals surface area contributed by atoms with Crippen molar-refractivity contribution in [3.8, 4) is 0 Å². The second-order valence-corrected chi connectivity index (χ2v) is 5.00. The SMILES string of the molecule is CCNC(=O)c1ccc(NC(=O)C2(N)CC2)c(C)c1. The topological polar surface area (TPSA) is 84.2 Å². The highest BCUT2D eigenvalue weighted by Gasteiger charge is 2.46. The van der Waals surface area contributed by atoms with E-state index >= 15 is 0 Å². The van der Waals surface area contributed by atoms with E-state index in [2.05, 4.69) is 10.6 Å². The molecule has 0 aliphatic heterocycles. The molecule has 102 valence electrons. The highest BCUT2D eigenvalue weighted by Crippen LogP contribution is 2.33. The first kappa shape index (κ1) is 13.5. The van der Waals surface area contributed by atoms with Crippen molar-refractivity contribution in [3.63, 3.8) is 0 Å². The third-order valence-electron chi connectivity index (χ3n) is 3.32. The minimum atomic E-state index is -0.690. The molecule has 2 amide bonds. The average molecular weight is 261 g/mol. The van der Waals surface area contributed by atoms with Crippen molar-refractivity contribution in [1.82, 2.24) is 5.32 Å². The van der Waals surface area contributed by atoms with Crippen LogP contribution in [0.5, 0.6) is 0 Å². The summed E-state index contributed by atoms with van der Waals surface area (Å²) < 4.78 is 0. The molecule has 1 aromatic rings. The van der Waals surface area contributed by atoms with E-state index in [4.69, 9.17) is 5.73 Å². The summed E-state index contributed by atoms with van der Waals surface area (Å²) in [6, 6.07) is 5.20. The van der Waals surface area contributed by atoms with Gasteiger partial charge in [0.15, 0.2) is 0 Å². The molecule has 1 aliphatic carbocycles. The Labute approximate surface area is 112 Å². The van der Waals surface area contributed by atoms with Gasteiger partial charge in [-0.3, -0.25) is 9.59 Å². The van der Waals surface area contributed by atoms with Crippen LogP contribution in [0.2, 0.25) is 0 Å². The van der Waals surface area contributed by atoms with Gasteiger partial charge in [-0.1, -0.05) is 0 Å². The molecule has 1 fully saturated rings. The third-order valence-corrected chi connectivity index (χ3v) is 3.32. The number of anilines is 1. The first-order chi connectivity index (χ1) is 8.96. The first-order valence-corrected chi connectivity index (χ1v) is 6.45. The molecule has 0 atom stereocenters.